The van der Waals surface area contributed by atoms with Crippen molar-refractivity contribution in [2.75, 3.05) is 5.32 Å². The van der Waals surface area contributed by atoms with Crippen LogP contribution in [0.4, 0.5) is 11.6 Å². The highest BCUT2D eigenvalue weighted by Crippen LogP contribution is 2.41. The number of nitrogens with one attached hydrogen (secondary N) is 2. The highest BCUT2D eigenvalue weighted by atomic mass is 79.9. The van der Waals surface area contributed by atoms with E-state index in [1.807, 2.05) is 36.4 Å². The van der Waals surface area contributed by atoms with Crippen LogP contribution in [-0.2, 0) is 0 Å². The van der Waals surface area contributed by atoms with Crippen LogP contribution in [0.15, 0.2) is 57.8 Å². The molecule has 5 rings (SSSR count). The molecule has 2 aromatic heterocycles. The number of halogens is 2. The third-order valence-corrected chi connectivity index (χ3v) is 5.35. The van der Waals surface area contributed by atoms with Gasteiger partial charge >= 0.3 is 0 Å². The Labute approximate surface area is 171 Å². The van der Waals surface area contributed by atoms with Gasteiger partial charge in [0.05, 0.1) is 5.69 Å². The predicted molar refractivity (Wildman–Crippen MR) is 108 cm³/mol. The van der Waals surface area contributed by atoms with E-state index in [1.54, 1.807) is 16.8 Å². The fourth-order valence-corrected chi connectivity index (χ4v) is 3.71. The average molecular weight is 457 g/mol. The van der Waals surface area contributed by atoms with E-state index in [0.717, 1.165) is 15.6 Å². The van der Waals surface area contributed by atoms with Crippen LogP contribution in [0.2, 0.25) is 5.02 Å². The molecule has 3 heterocycles. The van der Waals surface area contributed by atoms with Gasteiger partial charge in [0.15, 0.2) is 0 Å². The molecule has 1 aliphatic heterocycles. The Kier molecular flexibility index (Phi) is 3.99. The van der Waals surface area contributed by atoms with Crippen molar-refractivity contribution >= 4 is 39.2 Å². The molecular formula is C18H11BrClN7O. The molecule has 0 saturated carbocycles. The second-order valence-electron chi connectivity index (χ2n) is 6.22. The fourth-order valence-electron chi connectivity index (χ4n) is 3.32. The molecule has 1 atom stereocenters. The third kappa shape index (κ3) is 2.71. The van der Waals surface area contributed by atoms with Gasteiger partial charge in [-0.1, -0.05) is 56.9 Å². The highest BCUT2D eigenvalue weighted by Gasteiger charge is 2.34. The zero-order valence-electron chi connectivity index (χ0n) is 14.1. The van der Waals surface area contributed by atoms with Crippen molar-refractivity contribution in [3.05, 3.63) is 79.5 Å². The number of aromatic amines is 1. The van der Waals surface area contributed by atoms with Crippen molar-refractivity contribution < 1.29 is 0 Å². The molecule has 10 heteroatoms. The summed E-state index contributed by atoms with van der Waals surface area (Å²) in [6.45, 7) is 0. The highest BCUT2D eigenvalue weighted by molar-refractivity contribution is 9.10. The standard InChI is InChI=1S/C18H11BrClN7O/c19-11-5-1-10(2-6-11)16-13-14(9-3-7-12(20)8-4-9)22-23-17(28)15(13)21-18-24-25-26-27(16)18/h1-8,16H,(H,23,28)(H,21,24,26). The molecule has 2 N–H and O–H groups in total. The number of hydrogen-bond acceptors (Lipinski definition) is 6. The maximum atomic E-state index is 12.6. The lowest BCUT2D eigenvalue weighted by Gasteiger charge is -2.27. The maximum absolute atomic E-state index is 12.6. The van der Waals surface area contributed by atoms with Gasteiger partial charge in [-0.2, -0.15) is 9.78 Å². The summed E-state index contributed by atoms with van der Waals surface area (Å²) in [5.41, 5.74) is 3.07. The van der Waals surface area contributed by atoms with E-state index in [-0.39, 0.29) is 5.56 Å². The van der Waals surface area contributed by atoms with Crippen molar-refractivity contribution in [2.24, 2.45) is 0 Å². The minimum Gasteiger partial charge on any atom is -0.318 e. The van der Waals surface area contributed by atoms with Crippen LogP contribution >= 0.6 is 27.5 Å². The van der Waals surface area contributed by atoms with Crippen LogP contribution in [0.1, 0.15) is 17.2 Å². The first kappa shape index (κ1) is 17.1. The summed E-state index contributed by atoms with van der Waals surface area (Å²) in [6, 6.07) is 14.6. The number of hydrogen-bond donors (Lipinski definition) is 2. The Hall–Kier alpha value is -3.04. The normalized spacial score (nSPS) is 14.9. The lowest BCUT2D eigenvalue weighted by atomic mass is 9.92. The van der Waals surface area contributed by atoms with E-state index in [9.17, 15) is 4.79 Å². The zero-order valence-corrected chi connectivity index (χ0v) is 16.4. The van der Waals surface area contributed by atoms with E-state index in [1.165, 1.54) is 0 Å². The van der Waals surface area contributed by atoms with Gasteiger partial charge in [-0.25, -0.2) is 5.10 Å². The molecule has 0 aliphatic carbocycles. The number of tetrazole rings is 1. The Balaban J connectivity index is 1.81. The molecule has 0 radical (unpaired) electrons. The Bertz CT molecular complexity index is 1230. The Morgan fingerprint density at radius 2 is 1.82 bits per heavy atom. The summed E-state index contributed by atoms with van der Waals surface area (Å²) in [5.74, 6) is 0.388. The molecular weight excluding hydrogens is 446 g/mol. The molecule has 8 nitrogen and oxygen atoms in total. The van der Waals surface area contributed by atoms with E-state index in [2.05, 4.69) is 47.0 Å². The number of H-pyrrole nitrogens is 1. The second-order valence-corrected chi connectivity index (χ2v) is 7.58. The van der Waals surface area contributed by atoms with Gasteiger partial charge in [0.1, 0.15) is 11.7 Å². The minimum atomic E-state index is -0.421. The van der Waals surface area contributed by atoms with E-state index < -0.39 is 6.04 Å². The molecule has 1 aliphatic rings. The monoisotopic (exact) mass is 455 g/mol. The minimum absolute atomic E-state index is 0.343. The van der Waals surface area contributed by atoms with Gasteiger partial charge in [0.2, 0.25) is 5.95 Å². The number of anilines is 2. The van der Waals surface area contributed by atoms with Crippen molar-refractivity contribution in [1.29, 1.82) is 0 Å². The molecule has 0 amide bonds. The number of nitrogens with zero attached hydrogens (tertiary/aromatic N) is 5. The van der Waals surface area contributed by atoms with Crippen molar-refractivity contribution in [3.8, 4) is 11.3 Å². The molecule has 28 heavy (non-hydrogen) atoms. The topological polar surface area (TPSA) is 101 Å². The first-order valence-corrected chi connectivity index (χ1v) is 9.48. The summed E-state index contributed by atoms with van der Waals surface area (Å²) in [7, 11) is 0. The number of aromatic nitrogens is 6. The summed E-state index contributed by atoms with van der Waals surface area (Å²) in [5, 5.41) is 22.4. The summed E-state index contributed by atoms with van der Waals surface area (Å²) in [6.07, 6.45) is 0. The molecule has 0 saturated heterocycles. The summed E-state index contributed by atoms with van der Waals surface area (Å²) < 4.78 is 2.59. The molecule has 1 unspecified atom stereocenters. The largest absolute Gasteiger partial charge is 0.318 e. The summed E-state index contributed by atoms with van der Waals surface area (Å²) in [4.78, 5) is 12.6. The van der Waals surface area contributed by atoms with Gasteiger partial charge in [-0.05, 0) is 40.3 Å². The molecule has 0 bridgehead atoms. The first-order valence-electron chi connectivity index (χ1n) is 8.30. The maximum Gasteiger partial charge on any atom is 0.288 e. The summed E-state index contributed by atoms with van der Waals surface area (Å²) >= 11 is 9.49. The van der Waals surface area contributed by atoms with Crippen LogP contribution in [0, 0.1) is 0 Å². The van der Waals surface area contributed by atoms with E-state index in [0.29, 0.717) is 27.9 Å². The SMILES string of the molecule is O=c1[nH]nc(-c2ccc(Cl)cc2)c2c1Nc1nnnn1C2c1ccc(Br)cc1. The third-order valence-electron chi connectivity index (χ3n) is 4.57. The molecule has 138 valence electrons. The lowest BCUT2D eigenvalue weighted by molar-refractivity contribution is 0.567. The van der Waals surface area contributed by atoms with Crippen molar-refractivity contribution in [3.63, 3.8) is 0 Å². The number of benzene rings is 2. The van der Waals surface area contributed by atoms with Gasteiger partial charge in [-0.3, -0.25) is 4.79 Å². The first-order chi connectivity index (χ1) is 13.6. The number of rotatable bonds is 2. The molecule has 4 aromatic rings. The van der Waals surface area contributed by atoms with Crippen LogP contribution in [-0.4, -0.2) is 30.4 Å². The average Bonchev–Trinajstić information content (AvgIpc) is 3.17. The van der Waals surface area contributed by atoms with Crippen LogP contribution < -0.4 is 10.9 Å². The Morgan fingerprint density at radius 1 is 1.07 bits per heavy atom. The van der Waals surface area contributed by atoms with Gasteiger partial charge < -0.3 is 5.32 Å². The van der Waals surface area contributed by atoms with Crippen LogP contribution in [0.25, 0.3) is 11.3 Å². The molecule has 0 fully saturated rings. The second kappa shape index (κ2) is 6.54. The Morgan fingerprint density at radius 3 is 2.57 bits per heavy atom. The quantitative estimate of drug-likeness (QED) is 0.421. The van der Waals surface area contributed by atoms with Crippen LogP contribution in [0.3, 0.4) is 0 Å². The number of fused-ring (bicyclic) bond motifs is 2. The van der Waals surface area contributed by atoms with Crippen LogP contribution in [0.5, 0.6) is 0 Å². The zero-order chi connectivity index (χ0) is 19.3. The van der Waals surface area contributed by atoms with E-state index in [4.69, 9.17) is 11.6 Å². The van der Waals surface area contributed by atoms with Gasteiger partial charge in [0, 0.05) is 20.6 Å². The van der Waals surface area contributed by atoms with Gasteiger partial charge in [0.25, 0.3) is 5.56 Å². The van der Waals surface area contributed by atoms with Crippen molar-refractivity contribution in [2.45, 2.75) is 6.04 Å². The molecule has 0 spiro atoms. The van der Waals surface area contributed by atoms with Gasteiger partial charge in [-0.15, -0.1) is 0 Å². The van der Waals surface area contributed by atoms with Crippen molar-refractivity contribution in [1.82, 2.24) is 30.4 Å². The predicted octanol–water partition coefficient (Wildman–Crippen LogP) is 3.53. The lowest BCUT2D eigenvalue weighted by Crippen LogP contribution is -2.29. The smallest absolute Gasteiger partial charge is 0.288 e. The van der Waals surface area contributed by atoms with E-state index >= 15 is 0 Å². The fraction of sp³-hybridized carbons (Fsp3) is 0.0556. The molecule has 2 aromatic carbocycles.